The van der Waals surface area contributed by atoms with Gasteiger partial charge in [-0.15, -0.1) is 0 Å². The average molecular weight is 176 g/mol. The van der Waals surface area contributed by atoms with Crippen molar-refractivity contribution in [2.75, 3.05) is 26.7 Å². The molecule has 1 saturated heterocycles. The lowest BCUT2D eigenvalue weighted by Crippen LogP contribution is -2.35. The summed E-state index contributed by atoms with van der Waals surface area (Å²) in [6, 6.07) is 11.0. The molecule has 1 atom stereocenters. The molecule has 0 aromatic heterocycles. The summed E-state index contributed by atoms with van der Waals surface area (Å²) in [7, 11) is 2.13. The van der Waals surface area contributed by atoms with Gasteiger partial charge in [0.25, 0.3) is 0 Å². The molecule has 1 aromatic carbocycles. The minimum absolute atomic E-state index is 0.244. The van der Waals surface area contributed by atoms with Crippen LogP contribution in [0.1, 0.15) is 11.7 Å². The van der Waals surface area contributed by atoms with E-state index in [2.05, 4.69) is 30.1 Å². The number of ether oxygens (including phenoxy) is 1. The Labute approximate surface area is 79.1 Å². The van der Waals surface area contributed by atoms with Crippen molar-refractivity contribution in [2.24, 2.45) is 0 Å². The third-order valence-electron chi connectivity index (χ3n) is 2.39. The summed E-state index contributed by atoms with van der Waals surface area (Å²) in [6.07, 6.45) is 0.244. The molecule has 69 valence electrons. The molecule has 1 heterocycles. The fourth-order valence-electron chi connectivity index (χ4n) is 1.59. The van der Waals surface area contributed by atoms with E-state index in [9.17, 15) is 0 Å². The van der Waals surface area contributed by atoms with E-state index in [1.54, 1.807) is 0 Å². The van der Waals surface area contributed by atoms with Crippen LogP contribution in [0.4, 0.5) is 0 Å². The maximum absolute atomic E-state index is 5.68. The summed E-state index contributed by atoms with van der Waals surface area (Å²) >= 11 is 0. The van der Waals surface area contributed by atoms with Gasteiger partial charge in [0.2, 0.25) is 0 Å². The number of nitrogens with zero attached hydrogens (tertiary/aromatic N) is 1. The molecule has 0 bridgehead atoms. The zero-order valence-electron chi connectivity index (χ0n) is 7.86. The Balaban J connectivity index is 2.08. The Morgan fingerprint density at radius 2 is 2.23 bits per heavy atom. The minimum Gasteiger partial charge on any atom is -0.371 e. The van der Waals surface area contributed by atoms with Gasteiger partial charge in [-0.2, -0.15) is 0 Å². The number of hydrogen-bond donors (Lipinski definition) is 0. The van der Waals surface area contributed by atoms with Gasteiger partial charge in [-0.05, 0) is 18.7 Å². The second kappa shape index (κ2) is 3.90. The van der Waals surface area contributed by atoms with Gasteiger partial charge >= 0.3 is 0 Å². The van der Waals surface area contributed by atoms with Gasteiger partial charge in [0, 0.05) is 13.1 Å². The molecule has 0 saturated carbocycles. The molecule has 0 spiro atoms. The smallest absolute Gasteiger partial charge is 0.0952 e. The predicted octanol–water partition coefficient (Wildman–Crippen LogP) is 1.49. The molecule has 13 heavy (non-hydrogen) atoms. The van der Waals surface area contributed by atoms with Crippen LogP contribution in [0.5, 0.6) is 0 Å². The summed E-state index contributed by atoms with van der Waals surface area (Å²) < 4.78 is 5.68. The van der Waals surface area contributed by atoms with E-state index < -0.39 is 0 Å². The molecule has 2 heteroatoms. The Bertz CT molecular complexity index is 260. The SMILES string of the molecule is CN1CCOC(c2cc[c]cc2)C1. The summed E-state index contributed by atoms with van der Waals surface area (Å²) in [5.74, 6) is 0. The van der Waals surface area contributed by atoms with E-state index in [1.807, 2.05) is 12.1 Å². The molecule has 2 rings (SSSR count). The second-order valence-corrected chi connectivity index (χ2v) is 3.46. The first-order chi connectivity index (χ1) is 6.36. The van der Waals surface area contributed by atoms with Gasteiger partial charge in [0.1, 0.15) is 0 Å². The maximum Gasteiger partial charge on any atom is 0.0952 e. The van der Waals surface area contributed by atoms with Crippen molar-refractivity contribution < 1.29 is 4.74 Å². The minimum atomic E-state index is 0.244. The highest BCUT2D eigenvalue weighted by atomic mass is 16.5. The average Bonchev–Trinajstić information content (AvgIpc) is 2.19. The van der Waals surface area contributed by atoms with Crippen molar-refractivity contribution in [2.45, 2.75) is 6.10 Å². The van der Waals surface area contributed by atoms with Gasteiger partial charge in [-0.25, -0.2) is 0 Å². The Kier molecular flexibility index (Phi) is 2.62. The predicted molar refractivity (Wildman–Crippen MR) is 51.5 cm³/mol. The first kappa shape index (κ1) is 8.73. The second-order valence-electron chi connectivity index (χ2n) is 3.46. The van der Waals surface area contributed by atoms with Crippen LogP contribution in [0.15, 0.2) is 24.3 Å². The van der Waals surface area contributed by atoms with E-state index >= 15 is 0 Å². The first-order valence-corrected chi connectivity index (χ1v) is 4.62. The quantitative estimate of drug-likeness (QED) is 0.642. The standard InChI is InChI=1S/C11H14NO/c1-12-7-8-13-11(9-12)10-5-3-2-4-6-10/h3-6,11H,7-9H2,1H3. The summed E-state index contributed by atoms with van der Waals surface area (Å²) in [5.41, 5.74) is 1.25. The molecule has 0 aliphatic carbocycles. The normalized spacial score (nSPS) is 24.5. The molecule has 1 aliphatic heterocycles. The number of hydrogen-bond acceptors (Lipinski definition) is 2. The van der Waals surface area contributed by atoms with Crippen LogP contribution in [-0.2, 0) is 4.74 Å². The topological polar surface area (TPSA) is 12.5 Å². The van der Waals surface area contributed by atoms with Gasteiger partial charge in [-0.1, -0.05) is 24.3 Å². The van der Waals surface area contributed by atoms with Crippen molar-refractivity contribution in [1.82, 2.24) is 4.90 Å². The molecule has 0 N–H and O–H groups in total. The van der Waals surface area contributed by atoms with Crippen molar-refractivity contribution in [3.63, 3.8) is 0 Å². The highest BCUT2D eigenvalue weighted by molar-refractivity contribution is 5.17. The zero-order valence-corrected chi connectivity index (χ0v) is 7.86. The molecule has 0 amide bonds. The van der Waals surface area contributed by atoms with Crippen molar-refractivity contribution in [1.29, 1.82) is 0 Å². The lowest BCUT2D eigenvalue weighted by atomic mass is 10.1. The van der Waals surface area contributed by atoms with E-state index in [4.69, 9.17) is 4.74 Å². The first-order valence-electron chi connectivity index (χ1n) is 4.62. The van der Waals surface area contributed by atoms with Crippen LogP contribution < -0.4 is 0 Å². The molecule has 1 unspecified atom stereocenters. The van der Waals surface area contributed by atoms with Crippen LogP contribution in [0, 0.1) is 6.07 Å². The zero-order chi connectivity index (χ0) is 9.10. The van der Waals surface area contributed by atoms with Gasteiger partial charge in [-0.3, -0.25) is 0 Å². The van der Waals surface area contributed by atoms with Gasteiger partial charge in [0.15, 0.2) is 0 Å². The van der Waals surface area contributed by atoms with Crippen LogP contribution in [-0.4, -0.2) is 31.6 Å². The molecular formula is C11H14NO. The van der Waals surface area contributed by atoms with Crippen LogP contribution in [0.3, 0.4) is 0 Å². The molecule has 1 aromatic rings. The lowest BCUT2D eigenvalue weighted by molar-refractivity contribution is -0.0208. The van der Waals surface area contributed by atoms with Gasteiger partial charge < -0.3 is 9.64 Å². The number of rotatable bonds is 1. The summed E-state index contributed by atoms with van der Waals surface area (Å²) in [4.78, 5) is 2.30. The van der Waals surface area contributed by atoms with E-state index in [0.29, 0.717) is 0 Å². The number of benzene rings is 1. The molecular weight excluding hydrogens is 162 g/mol. The van der Waals surface area contributed by atoms with Crippen LogP contribution in [0.2, 0.25) is 0 Å². The van der Waals surface area contributed by atoms with Crippen molar-refractivity contribution in [3.05, 3.63) is 35.9 Å². The molecule has 1 aliphatic rings. The van der Waals surface area contributed by atoms with Crippen LogP contribution in [0.25, 0.3) is 0 Å². The van der Waals surface area contributed by atoms with Crippen LogP contribution >= 0.6 is 0 Å². The fourth-order valence-corrected chi connectivity index (χ4v) is 1.59. The maximum atomic E-state index is 5.68. The monoisotopic (exact) mass is 176 g/mol. The van der Waals surface area contributed by atoms with E-state index in [0.717, 1.165) is 19.7 Å². The molecule has 1 radical (unpaired) electrons. The largest absolute Gasteiger partial charge is 0.371 e. The third-order valence-corrected chi connectivity index (χ3v) is 2.39. The summed E-state index contributed by atoms with van der Waals surface area (Å²) in [6.45, 7) is 2.86. The number of morpholine rings is 1. The van der Waals surface area contributed by atoms with Crippen molar-refractivity contribution in [3.8, 4) is 0 Å². The van der Waals surface area contributed by atoms with E-state index in [-0.39, 0.29) is 6.10 Å². The molecule has 1 fully saturated rings. The van der Waals surface area contributed by atoms with Crippen molar-refractivity contribution >= 4 is 0 Å². The Hall–Kier alpha value is -0.860. The Morgan fingerprint density at radius 3 is 2.92 bits per heavy atom. The highest BCUT2D eigenvalue weighted by Crippen LogP contribution is 2.20. The van der Waals surface area contributed by atoms with Gasteiger partial charge in [0.05, 0.1) is 12.7 Å². The highest BCUT2D eigenvalue weighted by Gasteiger charge is 2.18. The fraction of sp³-hybridized carbons (Fsp3) is 0.455. The third kappa shape index (κ3) is 2.08. The lowest BCUT2D eigenvalue weighted by Gasteiger charge is -2.30. The Morgan fingerprint density at radius 1 is 1.46 bits per heavy atom. The number of likely N-dealkylation sites (N-methyl/N-ethyl adjacent to an activating group) is 1. The summed E-state index contributed by atoms with van der Waals surface area (Å²) in [5, 5.41) is 0. The van der Waals surface area contributed by atoms with E-state index in [1.165, 1.54) is 5.56 Å². The molecule has 2 nitrogen and oxygen atoms in total.